The van der Waals surface area contributed by atoms with Crippen LogP contribution >= 0.6 is 11.7 Å². The molecule has 3 rings (SSSR count). The molecule has 2 heterocycles. The lowest BCUT2D eigenvalue weighted by Gasteiger charge is -2.26. The SMILES string of the molecule is Cc1nsnc1COc1cccc(C(=O)NCC(=O)N2CCOCC2)c1. The number of rotatable bonds is 6. The number of carbonyl (C=O) groups excluding carboxylic acids is 2. The van der Waals surface area contributed by atoms with Crippen LogP contribution < -0.4 is 10.1 Å². The number of carbonyl (C=O) groups is 2. The van der Waals surface area contributed by atoms with Crippen LogP contribution in [-0.4, -0.2) is 58.3 Å². The van der Waals surface area contributed by atoms with Gasteiger partial charge >= 0.3 is 0 Å². The number of ether oxygens (including phenoxy) is 2. The van der Waals surface area contributed by atoms with Gasteiger partial charge in [0.1, 0.15) is 18.1 Å². The van der Waals surface area contributed by atoms with E-state index in [4.69, 9.17) is 9.47 Å². The van der Waals surface area contributed by atoms with Crippen LogP contribution in [0.1, 0.15) is 21.7 Å². The number of benzene rings is 1. The fourth-order valence-electron chi connectivity index (χ4n) is 2.44. The Morgan fingerprint density at radius 1 is 1.31 bits per heavy atom. The van der Waals surface area contributed by atoms with Gasteiger partial charge in [-0.2, -0.15) is 8.75 Å². The number of amides is 2. The standard InChI is InChI=1S/C17H20N4O4S/c1-12-15(20-26-19-12)11-25-14-4-2-3-13(9-14)17(23)18-10-16(22)21-5-7-24-8-6-21/h2-4,9H,5-8,10-11H2,1H3,(H,18,23). The number of nitrogens with zero attached hydrogens (tertiary/aromatic N) is 3. The Balaban J connectivity index is 1.52. The molecule has 1 N–H and O–H groups in total. The Morgan fingerprint density at radius 2 is 2.12 bits per heavy atom. The average molecular weight is 376 g/mol. The molecule has 0 unspecified atom stereocenters. The molecule has 0 aliphatic carbocycles. The maximum atomic E-state index is 12.3. The summed E-state index contributed by atoms with van der Waals surface area (Å²) >= 11 is 1.14. The van der Waals surface area contributed by atoms with Gasteiger partial charge in [-0.15, -0.1) is 0 Å². The molecule has 138 valence electrons. The summed E-state index contributed by atoms with van der Waals surface area (Å²) < 4.78 is 19.1. The van der Waals surface area contributed by atoms with E-state index in [1.165, 1.54) is 0 Å². The Bertz CT molecular complexity index is 774. The summed E-state index contributed by atoms with van der Waals surface area (Å²) in [6.45, 7) is 4.32. The van der Waals surface area contributed by atoms with Gasteiger partial charge in [0.05, 0.1) is 37.2 Å². The molecule has 9 heteroatoms. The Hall–Kier alpha value is -2.52. The molecule has 0 spiro atoms. The van der Waals surface area contributed by atoms with Gasteiger partial charge in [-0.05, 0) is 25.1 Å². The van der Waals surface area contributed by atoms with Gasteiger partial charge in [0, 0.05) is 18.7 Å². The van der Waals surface area contributed by atoms with Crippen molar-refractivity contribution < 1.29 is 19.1 Å². The van der Waals surface area contributed by atoms with E-state index in [0.29, 0.717) is 44.2 Å². The molecule has 1 fully saturated rings. The first-order valence-corrected chi connectivity index (χ1v) is 9.01. The number of aryl methyl sites for hydroxylation is 1. The second-order valence-electron chi connectivity index (χ2n) is 5.79. The molecule has 2 aromatic rings. The minimum Gasteiger partial charge on any atom is -0.487 e. The van der Waals surface area contributed by atoms with E-state index in [0.717, 1.165) is 23.1 Å². The predicted molar refractivity (Wildman–Crippen MR) is 95.2 cm³/mol. The van der Waals surface area contributed by atoms with Crippen LogP contribution in [0.4, 0.5) is 0 Å². The van der Waals surface area contributed by atoms with Crippen molar-refractivity contribution in [1.29, 1.82) is 0 Å². The maximum absolute atomic E-state index is 12.3. The molecule has 0 saturated carbocycles. The lowest BCUT2D eigenvalue weighted by atomic mass is 10.2. The van der Waals surface area contributed by atoms with Crippen molar-refractivity contribution in [3.8, 4) is 5.75 Å². The molecule has 2 amide bonds. The molecule has 26 heavy (non-hydrogen) atoms. The van der Waals surface area contributed by atoms with Crippen molar-refractivity contribution in [2.45, 2.75) is 13.5 Å². The lowest BCUT2D eigenvalue weighted by Crippen LogP contribution is -2.45. The molecule has 1 aliphatic heterocycles. The molecule has 1 saturated heterocycles. The van der Waals surface area contributed by atoms with Gasteiger partial charge in [0.15, 0.2) is 0 Å². The summed E-state index contributed by atoms with van der Waals surface area (Å²) in [5, 5.41) is 2.65. The second kappa shape index (κ2) is 8.72. The van der Waals surface area contributed by atoms with Crippen molar-refractivity contribution in [3.05, 3.63) is 41.2 Å². The Morgan fingerprint density at radius 3 is 2.85 bits per heavy atom. The fourth-order valence-corrected chi connectivity index (χ4v) is 2.99. The quantitative estimate of drug-likeness (QED) is 0.809. The van der Waals surface area contributed by atoms with Crippen molar-refractivity contribution in [1.82, 2.24) is 19.0 Å². The summed E-state index contributed by atoms with van der Waals surface area (Å²) in [6.07, 6.45) is 0. The number of morpholine rings is 1. The van der Waals surface area contributed by atoms with Crippen LogP contribution in [0.15, 0.2) is 24.3 Å². The van der Waals surface area contributed by atoms with Crippen LogP contribution in [-0.2, 0) is 16.1 Å². The molecular weight excluding hydrogens is 356 g/mol. The molecule has 0 bridgehead atoms. The van der Waals surface area contributed by atoms with Gasteiger partial charge < -0.3 is 19.7 Å². The van der Waals surface area contributed by atoms with E-state index in [9.17, 15) is 9.59 Å². The summed E-state index contributed by atoms with van der Waals surface area (Å²) in [5.41, 5.74) is 2.05. The summed E-state index contributed by atoms with van der Waals surface area (Å²) in [5.74, 6) is 0.133. The van der Waals surface area contributed by atoms with Gasteiger partial charge in [-0.3, -0.25) is 9.59 Å². The van der Waals surface area contributed by atoms with Crippen molar-refractivity contribution in [2.24, 2.45) is 0 Å². The third-order valence-corrected chi connectivity index (χ3v) is 4.64. The van der Waals surface area contributed by atoms with Crippen LogP contribution in [0, 0.1) is 6.92 Å². The molecule has 8 nitrogen and oxygen atoms in total. The van der Waals surface area contributed by atoms with E-state index >= 15 is 0 Å². The molecular formula is C17H20N4O4S. The highest BCUT2D eigenvalue weighted by Gasteiger charge is 2.17. The summed E-state index contributed by atoms with van der Waals surface area (Å²) in [4.78, 5) is 26.1. The summed E-state index contributed by atoms with van der Waals surface area (Å²) in [7, 11) is 0. The van der Waals surface area contributed by atoms with E-state index < -0.39 is 0 Å². The molecule has 1 aromatic carbocycles. The van der Waals surface area contributed by atoms with Crippen LogP contribution in [0.25, 0.3) is 0 Å². The number of aromatic nitrogens is 2. The second-order valence-corrected chi connectivity index (χ2v) is 6.32. The van der Waals surface area contributed by atoms with Gasteiger partial charge in [0.2, 0.25) is 5.91 Å². The number of nitrogens with one attached hydrogen (secondary N) is 1. The van der Waals surface area contributed by atoms with Crippen molar-refractivity contribution in [3.63, 3.8) is 0 Å². The molecule has 0 radical (unpaired) electrons. The lowest BCUT2D eigenvalue weighted by molar-refractivity contribution is -0.134. The van der Waals surface area contributed by atoms with E-state index in [2.05, 4.69) is 14.1 Å². The smallest absolute Gasteiger partial charge is 0.251 e. The largest absolute Gasteiger partial charge is 0.487 e. The molecule has 0 atom stereocenters. The van der Waals surface area contributed by atoms with Gasteiger partial charge in [0.25, 0.3) is 5.91 Å². The fraction of sp³-hybridized carbons (Fsp3) is 0.412. The third-order valence-electron chi connectivity index (χ3n) is 3.98. The number of hydrogen-bond donors (Lipinski definition) is 1. The monoisotopic (exact) mass is 376 g/mol. The van der Waals surface area contributed by atoms with Crippen molar-refractivity contribution >= 4 is 23.5 Å². The van der Waals surface area contributed by atoms with Crippen LogP contribution in [0.5, 0.6) is 5.75 Å². The molecule has 1 aromatic heterocycles. The number of hydrogen-bond acceptors (Lipinski definition) is 7. The van der Waals surface area contributed by atoms with Crippen LogP contribution in [0.2, 0.25) is 0 Å². The normalized spacial score (nSPS) is 14.1. The zero-order chi connectivity index (χ0) is 18.4. The minimum atomic E-state index is -0.316. The summed E-state index contributed by atoms with van der Waals surface area (Å²) in [6, 6.07) is 6.83. The van der Waals surface area contributed by atoms with Gasteiger partial charge in [-0.1, -0.05) is 6.07 Å². The van der Waals surface area contributed by atoms with E-state index in [1.54, 1.807) is 29.2 Å². The zero-order valence-electron chi connectivity index (χ0n) is 14.4. The zero-order valence-corrected chi connectivity index (χ0v) is 15.3. The highest BCUT2D eigenvalue weighted by molar-refractivity contribution is 6.99. The van der Waals surface area contributed by atoms with Gasteiger partial charge in [-0.25, -0.2) is 0 Å². The Labute approximate surface area is 155 Å². The predicted octanol–water partition coefficient (Wildman–Crippen LogP) is 1.01. The first-order chi connectivity index (χ1) is 12.6. The highest BCUT2D eigenvalue weighted by Crippen LogP contribution is 2.16. The first-order valence-electron chi connectivity index (χ1n) is 8.28. The highest BCUT2D eigenvalue weighted by atomic mass is 32.1. The topological polar surface area (TPSA) is 93.7 Å². The first kappa shape index (κ1) is 18.3. The maximum Gasteiger partial charge on any atom is 0.251 e. The minimum absolute atomic E-state index is 0.0341. The van der Waals surface area contributed by atoms with E-state index in [-0.39, 0.29) is 18.4 Å². The van der Waals surface area contributed by atoms with Crippen LogP contribution in [0.3, 0.4) is 0 Å². The van der Waals surface area contributed by atoms with Crippen molar-refractivity contribution in [2.75, 3.05) is 32.8 Å². The molecule has 1 aliphatic rings. The average Bonchev–Trinajstić information content (AvgIpc) is 3.10. The third kappa shape index (κ3) is 4.77. The van der Waals surface area contributed by atoms with E-state index in [1.807, 2.05) is 6.92 Å². The Kier molecular flexibility index (Phi) is 6.13.